The average molecular weight is 218 g/mol. The van der Waals surface area contributed by atoms with Gasteiger partial charge in [0, 0.05) is 12.8 Å². The van der Waals surface area contributed by atoms with Crippen LogP contribution < -0.4 is 0 Å². The minimum Gasteiger partial charge on any atom is -0.299 e. The van der Waals surface area contributed by atoms with Crippen molar-refractivity contribution in [2.75, 3.05) is 0 Å². The Hall–Kier alpha value is -1.18. The maximum atomic E-state index is 12.2. The molecule has 0 N–H and O–H groups in total. The fourth-order valence-corrected chi connectivity index (χ4v) is 3.03. The lowest BCUT2D eigenvalue weighted by Gasteiger charge is -2.40. The summed E-state index contributed by atoms with van der Waals surface area (Å²) in [4.78, 5) is 23.6. The van der Waals surface area contributed by atoms with Crippen LogP contribution in [0.25, 0.3) is 0 Å². The smallest absolute Gasteiger partial charge is 0.155 e. The van der Waals surface area contributed by atoms with E-state index in [1.807, 2.05) is 6.92 Å². The Labute approximate surface area is 96.4 Å². The summed E-state index contributed by atoms with van der Waals surface area (Å²) in [6.45, 7) is 5.89. The number of allylic oxidation sites excluding steroid dienone is 3. The van der Waals surface area contributed by atoms with Gasteiger partial charge in [-0.25, -0.2) is 0 Å². The summed E-state index contributed by atoms with van der Waals surface area (Å²) in [6.07, 6.45) is 6.14. The van der Waals surface area contributed by atoms with Gasteiger partial charge in [0.1, 0.15) is 5.78 Å². The summed E-state index contributed by atoms with van der Waals surface area (Å²) < 4.78 is 0. The molecule has 0 heterocycles. The van der Waals surface area contributed by atoms with Gasteiger partial charge in [-0.3, -0.25) is 9.59 Å². The number of Topliss-reactive ketones (excluding diaryl/α,β-unsaturated/α-hetero) is 1. The molecule has 2 aliphatic rings. The zero-order valence-corrected chi connectivity index (χ0v) is 9.84. The molecule has 0 saturated heterocycles. The van der Waals surface area contributed by atoms with Gasteiger partial charge in [0.2, 0.25) is 0 Å². The van der Waals surface area contributed by atoms with Gasteiger partial charge in [-0.2, -0.15) is 0 Å². The molecule has 2 heteroatoms. The zero-order chi connectivity index (χ0) is 11.8. The predicted molar refractivity (Wildman–Crippen MR) is 63.0 cm³/mol. The van der Waals surface area contributed by atoms with E-state index in [2.05, 4.69) is 6.58 Å². The van der Waals surface area contributed by atoms with E-state index in [1.54, 1.807) is 6.08 Å². The molecule has 0 aromatic rings. The van der Waals surface area contributed by atoms with Gasteiger partial charge in [0.15, 0.2) is 5.78 Å². The summed E-state index contributed by atoms with van der Waals surface area (Å²) in [6, 6.07) is 0. The van der Waals surface area contributed by atoms with Crippen LogP contribution in [0.1, 0.15) is 45.4 Å². The van der Waals surface area contributed by atoms with Crippen LogP contribution in [0, 0.1) is 5.41 Å². The van der Waals surface area contributed by atoms with Gasteiger partial charge in [0.05, 0.1) is 5.41 Å². The van der Waals surface area contributed by atoms with Gasteiger partial charge >= 0.3 is 0 Å². The molecule has 0 bridgehead atoms. The summed E-state index contributed by atoms with van der Waals surface area (Å²) in [5.41, 5.74) is 1.75. The van der Waals surface area contributed by atoms with Crippen LogP contribution in [0.4, 0.5) is 0 Å². The SMILES string of the molecule is C=C(C)C[C@]12CCC(=O)C=C1CCCC2=O. The first kappa shape index (κ1) is 11.3. The average Bonchev–Trinajstić information content (AvgIpc) is 2.20. The number of rotatable bonds is 2. The highest BCUT2D eigenvalue weighted by atomic mass is 16.1. The second kappa shape index (κ2) is 4.00. The number of ketones is 2. The van der Waals surface area contributed by atoms with Crippen LogP contribution in [0.5, 0.6) is 0 Å². The van der Waals surface area contributed by atoms with Crippen LogP contribution in [0.3, 0.4) is 0 Å². The molecule has 2 rings (SSSR count). The molecular formula is C14H18O2. The molecule has 0 amide bonds. The summed E-state index contributed by atoms with van der Waals surface area (Å²) in [5, 5.41) is 0. The Morgan fingerprint density at radius 1 is 1.38 bits per heavy atom. The van der Waals surface area contributed by atoms with Gasteiger partial charge in [-0.1, -0.05) is 11.1 Å². The second-order valence-corrected chi connectivity index (χ2v) is 5.13. The number of carbonyl (C=O) groups excluding carboxylic acids is 2. The van der Waals surface area contributed by atoms with E-state index >= 15 is 0 Å². The van der Waals surface area contributed by atoms with E-state index in [-0.39, 0.29) is 11.2 Å². The van der Waals surface area contributed by atoms with Gasteiger partial charge in [0.25, 0.3) is 0 Å². The minimum atomic E-state index is -0.363. The van der Waals surface area contributed by atoms with Crippen molar-refractivity contribution in [3.05, 3.63) is 23.8 Å². The molecule has 0 spiro atoms. The van der Waals surface area contributed by atoms with Gasteiger partial charge in [-0.05, 0) is 38.7 Å². The van der Waals surface area contributed by atoms with Crippen LogP contribution in [-0.4, -0.2) is 11.6 Å². The fraction of sp³-hybridized carbons (Fsp3) is 0.571. The van der Waals surface area contributed by atoms with Crippen molar-refractivity contribution in [3.8, 4) is 0 Å². The number of hydrogen-bond acceptors (Lipinski definition) is 2. The van der Waals surface area contributed by atoms with Crippen LogP contribution in [0.2, 0.25) is 0 Å². The van der Waals surface area contributed by atoms with Crippen LogP contribution >= 0.6 is 0 Å². The molecule has 86 valence electrons. The third-order valence-corrected chi connectivity index (χ3v) is 3.74. The maximum absolute atomic E-state index is 12.2. The van der Waals surface area contributed by atoms with E-state index in [1.165, 1.54) is 0 Å². The first-order valence-corrected chi connectivity index (χ1v) is 5.96. The molecular weight excluding hydrogens is 200 g/mol. The van der Waals surface area contributed by atoms with Crippen molar-refractivity contribution in [3.63, 3.8) is 0 Å². The monoisotopic (exact) mass is 218 g/mol. The quantitative estimate of drug-likeness (QED) is 0.668. The minimum absolute atomic E-state index is 0.182. The molecule has 1 fully saturated rings. The normalized spacial score (nSPS) is 29.7. The molecule has 0 radical (unpaired) electrons. The first-order chi connectivity index (χ1) is 7.54. The molecule has 1 saturated carbocycles. The van der Waals surface area contributed by atoms with Crippen molar-refractivity contribution in [2.24, 2.45) is 5.41 Å². The number of fused-ring (bicyclic) bond motifs is 1. The van der Waals surface area contributed by atoms with Crippen molar-refractivity contribution < 1.29 is 9.59 Å². The standard InChI is InChI=1S/C14H18O2/c1-10(2)9-14-7-6-12(15)8-11(14)4-3-5-13(14)16/h8H,1,3-7,9H2,2H3/t14-/m1/s1. The summed E-state index contributed by atoms with van der Waals surface area (Å²) in [7, 11) is 0. The van der Waals surface area contributed by atoms with E-state index < -0.39 is 0 Å². The maximum Gasteiger partial charge on any atom is 0.155 e. The third kappa shape index (κ3) is 1.77. The van der Waals surface area contributed by atoms with E-state index in [0.29, 0.717) is 25.0 Å². The van der Waals surface area contributed by atoms with Crippen molar-refractivity contribution in [1.82, 2.24) is 0 Å². The Kier molecular flexibility index (Phi) is 2.83. The Morgan fingerprint density at radius 2 is 2.12 bits per heavy atom. The molecule has 0 aromatic heterocycles. The predicted octanol–water partition coefficient (Wildman–Crippen LogP) is 2.98. The third-order valence-electron chi connectivity index (χ3n) is 3.74. The van der Waals surface area contributed by atoms with E-state index in [9.17, 15) is 9.59 Å². The van der Waals surface area contributed by atoms with Gasteiger partial charge < -0.3 is 0 Å². The van der Waals surface area contributed by atoms with E-state index in [4.69, 9.17) is 0 Å². The lowest BCUT2D eigenvalue weighted by Crippen LogP contribution is -2.39. The lowest BCUT2D eigenvalue weighted by molar-refractivity contribution is -0.129. The van der Waals surface area contributed by atoms with Crippen molar-refractivity contribution >= 4 is 11.6 Å². The molecule has 0 aliphatic heterocycles. The Balaban J connectivity index is 2.41. The highest BCUT2D eigenvalue weighted by Crippen LogP contribution is 2.48. The highest BCUT2D eigenvalue weighted by Gasteiger charge is 2.45. The molecule has 0 unspecified atom stereocenters. The lowest BCUT2D eigenvalue weighted by atomic mass is 9.61. The Bertz CT molecular complexity index is 390. The van der Waals surface area contributed by atoms with E-state index in [0.717, 1.165) is 30.4 Å². The Morgan fingerprint density at radius 3 is 2.81 bits per heavy atom. The molecule has 0 aromatic carbocycles. The first-order valence-electron chi connectivity index (χ1n) is 5.96. The fourth-order valence-electron chi connectivity index (χ4n) is 3.03. The zero-order valence-electron chi connectivity index (χ0n) is 9.84. The molecule has 16 heavy (non-hydrogen) atoms. The molecule has 1 atom stereocenters. The largest absolute Gasteiger partial charge is 0.299 e. The number of hydrogen-bond donors (Lipinski definition) is 0. The molecule has 2 nitrogen and oxygen atoms in total. The van der Waals surface area contributed by atoms with Crippen LogP contribution in [0.15, 0.2) is 23.8 Å². The number of carbonyl (C=O) groups is 2. The van der Waals surface area contributed by atoms with Crippen LogP contribution in [-0.2, 0) is 9.59 Å². The second-order valence-electron chi connectivity index (χ2n) is 5.13. The topological polar surface area (TPSA) is 34.1 Å². The van der Waals surface area contributed by atoms with Gasteiger partial charge in [-0.15, -0.1) is 6.58 Å². The van der Waals surface area contributed by atoms with Crippen molar-refractivity contribution in [2.45, 2.75) is 45.4 Å². The van der Waals surface area contributed by atoms with Crippen molar-refractivity contribution in [1.29, 1.82) is 0 Å². The highest BCUT2D eigenvalue weighted by molar-refractivity contribution is 5.98. The molecule has 2 aliphatic carbocycles. The summed E-state index contributed by atoms with van der Waals surface area (Å²) in [5.74, 6) is 0.502. The summed E-state index contributed by atoms with van der Waals surface area (Å²) >= 11 is 0.